The van der Waals surface area contributed by atoms with Crippen molar-refractivity contribution in [3.8, 4) is 11.5 Å². The maximum absolute atomic E-state index is 14.1. The third-order valence-electron chi connectivity index (χ3n) is 7.70. The number of hydrogen-bond acceptors (Lipinski definition) is 7. The highest BCUT2D eigenvalue weighted by atomic mass is 35.5. The molecule has 3 aromatic carbocycles. The Morgan fingerprint density at radius 1 is 1.00 bits per heavy atom. The van der Waals surface area contributed by atoms with E-state index in [1.807, 2.05) is 48.5 Å². The van der Waals surface area contributed by atoms with Crippen LogP contribution < -0.4 is 19.7 Å². The van der Waals surface area contributed by atoms with E-state index < -0.39 is 18.2 Å². The summed E-state index contributed by atoms with van der Waals surface area (Å²) >= 11 is 12.8. The van der Waals surface area contributed by atoms with Gasteiger partial charge in [0.25, 0.3) is 5.91 Å². The monoisotopic (exact) mass is 720 g/mol. The number of benzene rings is 3. The van der Waals surface area contributed by atoms with Gasteiger partial charge in [-0.15, -0.1) is 12.4 Å². The molecule has 1 heterocycles. The van der Waals surface area contributed by atoms with E-state index in [9.17, 15) is 9.59 Å². The number of amides is 1. The summed E-state index contributed by atoms with van der Waals surface area (Å²) in [7, 11) is 1.58. The molecule has 4 rings (SSSR count). The van der Waals surface area contributed by atoms with Gasteiger partial charge >= 0.3 is 5.97 Å². The number of carbonyl (C=O) groups is 2. The van der Waals surface area contributed by atoms with Crippen molar-refractivity contribution >= 4 is 53.2 Å². The Morgan fingerprint density at radius 2 is 1.75 bits per heavy atom. The first-order chi connectivity index (χ1) is 22.5. The minimum Gasteiger partial charge on any atom is -0.492 e. The number of nitrogens with zero attached hydrogens (tertiary/aromatic N) is 1. The molecule has 8 nitrogen and oxygen atoms in total. The fourth-order valence-corrected chi connectivity index (χ4v) is 6.05. The van der Waals surface area contributed by atoms with E-state index in [4.69, 9.17) is 42.1 Å². The molecule has 262 valence electrons. The predicted molar refractivity (Wildman–Crippen MR) is 194 cm³/mol. The van der Waals surface area contributed by atoms with Crippen LogP contribution in [0.5, 0.6) is 11.5 Å². The number of ether oxygens (including phenoxy) is 4. The van der Waals surface area contributed by atoms with E-state index in [0.29, 0.717) is 46.5 Å². The van der Waals surface area contributed by atoms with Gasteiger partial charge in [-0.2, -0.15) is 0 Å². The van der Waals surface area contributed by atoms with E-state index >= 15 is 0 Å². The number of rotatable bonds is 15. The van der Waals surface area contributed by atoms with Crippen molar-refractivity contribution in [2.24, 2.45) is 5.41 Å². The molecule has 1 aliphatic rings. The lowest BCUT2D eigenvalue weighted by molar-refractivity contribution is -0.151. The number of para-hydroxylation sites is 1. The molecule has 48 heavy (non-hydrogen) atoms. The molecule has 1 N–H and O–H groups in total. The van der Waals surface area contributed by atoms with Crippen molar-refractivity contribution in [2.75, 3.05) is 44.9 Å². The molecule has 0 aliphatic carbocycles. The second kappa shape index (κ2) is 18.7. The zero-order chi connectivity index (χ0) is 34.0. The standard InChI is InChI=1S/C37H46Cl2N2O6.ClH/c1-6-45-33(42)23-32-36(43)41(24-37(2,3)4)30-18-17-26(38)22-28(30)34(47-32)27-14-9-16-31(35(27)44-5)46-21-11-20-40-19-10-13-25-12-7-8-15-29(25)39;/h7-9,12,14-18,22,32,34,40H,6,10-11,13,19-21,23-24H2,1-5H3;1H/t32-,34-;/m1./s1. The molecule has 1 amide bonds. The van der Waals surface area contributed by atoms with Crippen LogP contribution in [-0.2, 0) is 25.5 Å². The molecule has 0 unspecified atom stereocenters. The highest BCUT2D eigenvalue weighted by Gasteiger charge is 2.40. The SMILES string of the molecule is CCOC(=O)C[C@H]1O[C@H](c2cccc(OCCCNCCCc3ccccc3Cl)c2OC)c2cc(Cl)ccc2N(CC(C)(C)C)C1=O.Cl. The van der Waals surface area contributed by atoms with Crippen LogP contribution in [0.3, 0.4) is 0 Å². The van der Waals surface area contributed by atoms with E-state index in [1.54, 1.807) is 25.0 Å². The lowest BCUT2D eigenvalue weighted by atomic mass is 9.94. The first-order valence-corrected chi connectivity index (χ1v) is 16.9. The minimum absolute atomic E-state index is 0. The summed E-state index contributed by atoms with van der Waals surface area (Å²) in [6.45, 7) is 10.6. The number of anilines is 1. The van der Waals surface area contributed by atoms with Crippen LogP contribution in [0.25, 0.3) is 0 Å². The Bertz CT molecular complexity index is 1510. The number of methoxy groups -OCH3 is 1. The molecule has 0 fully saturated rings. The Hall–Kier alpha value is -3.01. The topological polar surface area (TPSA) is 86.3 Å². The fraction of sp³-hybridized carbons (Fsp3) is 0.459. The summed E-state index contributed by atoms with van der Waals surface area (Å²) in [6.07, 6.45) is 0.595. The molecule has 0 spiro atoms. The normalized spacial score (nSPS) is 16.1. The maximum atomic E-state index is 14.1. The molecular weight excluding hydrogens is 675 g/mol. The molecule has 11 heteroatoms. The summed E-state index contributed by atoms with van der Waals surface area (Å²) in [5.41, 5.74) is 2.94. The fourth-order valence-electron chi connectivity index (χ4n) is 5.64. The summed E-state index contributed by atoms with van der Waals surface area (Å²) in [5, 5.41) is 4.77. The van der Waals surface area contributed by atoms with Crippen LogP contribution in [-0.4, -0.2) is 57.9 Å². The van der Waals surface area contributed by atoms with Gasteiger partial charge < -0.3 is 29.2 Å². The Labute approximate surface area is 300 Å². The first-order valence-electron chi connectivity index (χ1n) is 16.2. The molecule has 0 radical (unpaired) electrons. The third kappa shape index (κ3) is 10.7. The van der Waals surface area contributed by atoms with E-state index in [1.165, 1.54) is 0 Å². The second-order valence-electron chi connectivity index (χ2n) is 12.7. The molecule has 1 aliphatic heterocycles. The van der Waals surface area contributed by atoms with E-state index in [-0.39, 0.29) is 36.8 Å². The van der Waals surface area contributed by atoms with Gasteiger partial charge in [0.15, 0.2) is 11.5 Å². The first kappa shape index (κ1) is 39.4. The van der Waals surface area contributed by atoms with Crippen molar-refractivity contribution in [1.82, 2.24) is 5.32 Å². The Morgan fingerprint density at radius 3 is 2.46 bits per heavy atom. The van der Waals surface area contributed by atoms with Crippen LogP contribution in [0.15, 0.2) is 60.7 Å². The van der Waals surface area contributed by atoms with Gasteiger partial charge in [-0.25, -0.2) is 0 Å². The summed E-state index contributed by atoms with van der Waals surface area (Å²) in [5.74, 6) is 0.221. The van der Waals surface area contributed by atoms with Crippen molar-refractivity contribution < 1.29 is 28.5 Å². The quantitative estimate of drug-likeness (QED) is 0.125. The predicted octanol–water partition coefficient (Wildman–Crippen LogP) is 8.24. The van der Waals surface area contributed by atoms with Gasteiger partial charge in [-0.1, -0.05) is 74.3 Å². The van der Waals surface area contributed by atoms with Crippen LogP contribution in [0, 0.1) is 5.41 Å². The Kier molecular flexibility index (Phi) is 15.3. The van der Waals surface area contributed by atoms with Gasteiger partial charge in [0.1, 0.15) is 12.2 Å². The van der Waals surface area contributed by atoms with Crippen molar-refractivity contribution in [1.29, 1.82) is 0 Å². The van der Waals surface area contributed by atoms with Crippen LogP contribution in [0.2, 0.25) is 10.0 Å². The number of hydrogen-bond donors (Lipinski definition) is 1. The molecule has 0 bridgehead atoms. The van der Waals surface area contributed by atoms with Crippen LogP contribution in [0.1, 0.15) is 69.8 Å². The van der Waals surface area contributed by atoms with Gasteiger partial charge in [-0.05, 0) is 80.6 Å². The second-order valence-corrected chi connectivity index (χ2v) is 13.6. The van der Waals surface area contributed by atoms with Crippen molar-refractivity contribution in [2.45, 2.75) is 65.6 Å². The van der Waals surface area contributed by atoms with Gasteiger partial charge in [0, 0.05) is 33.4 Å². The summed E-state index contributed by atoms with van der Waals surface area (Å²) in [6, 6.07) is 18.9. The molecule has 0 saturated heterocycles. The summed E-state index contributed by atoms with van der Waals surface area (Å²) in [4.78, 5) is 28.4. The zero-order valence-corrected chi connectivity index (χ0v) is 30.7. The molecule has 3 aromatic rings. The lowest BCUT2D eigenvalue weighted by Gasteiger charge is -2.31. The smallest absolute Gasteiger partial charge is 0.308 e. The molecule has 2 atom stereocenters. The van der Waals surface area contributed by atoms with Gasteiger partial charge in [0.05, 0.1) is 26.7 Å². The van der Waals surface area contributed by atoms with Crippen molar-refractivity contribution in [3.05, 3.63) is 87.4 Å². The number of aryl methyl sites for hydroxylation is 1. The minimum atomic E-state index is -1.09. The number of carbonyl (C=O) groups excluding carboxylic acids is 2. The number of halogens is 3. The summed E-state index contributed by atoms with van der Waals surface area (Å²) < 4.78 is 23.9. The average Bonchev–Trinajstić information content (AvgIpc) is 3.12. The number of nitrogens with one attached hydrogen (secondary N) is 1. The lowest BCUT2D eigenvalue weighted by Crippen LogP contribution is -2.44. The third-order valence-corrected chi connectivity index (χ3v) is 8.31. The van der Waals surface area contributed by atoms with Crippen LogP contribution >= 0.6 is 35.6 Å². The largest absolute Gasteiger partial charge is 0.492 e. The van der Waals surface area contributed by atoms with Gasteiger partial charge in [-0.3, -0.25) is 9.59 Å². The van der Waals surface area contributed by atoms with E-state index in [2.05, 4.69) is 32.2 Å². The van der Waals surface area contributed by atoms with Crippen LogP contribution in [0.4, 0.5) is 5.69 Å². The average molecular weight is 722 g/mol. The number of esters is 1. The number of fused-ring (bicyclic) bond motifs is 1. The molecular formula is C37H47Cl3N2O6. The zero-order valence-electron chi connectivity index (χ0n) is 28.4. The van der Waals surface area contributed by atoms with E-state index in [0.717, 1.165) is 42.9 Å². The van der Waals surface area contributed by atoms with Gasteiger partial charge in [0.2, 0.25) is 0 Å². The van der Waals surface area contributed by atoms with Crippen molar-refractivity contribution in [3.63, 3.8) is 0 Å². The highest BCUT2D eigenvalue weighted by Crippen LogP contribution is 2.45. The molecule has 0 saturated carbocycles. The Balaban J connectivity index is 0.00000625. The highest BCUT2D eigenvalue weighted by molar-refractivity contribution is 6.31. The molecule has 0 aromatic heterocycles. The maximum Gasteiger partial charge on any atom is 0.308 e.